The van der Waals surface area contributed by atoms with Gasteiger partial charge < -0.3 is 5.32 Å². The Morgan fingerprint density at radius 1 is 1.15 bits per heavy atom. The molecule has 0 bridgehead atoms. The Kier molecular flexibility index (Phi) is 4.62. The number of hydrogen-bond acceptors (Lipinski definition) is 5. The first-order valence-electron chi connectivity index (χ1n) is 8.80. The van der Waals surface area contributed by atoms with Gasteiger partial charge in [0.25, 0.3) is 5.91 Å². The molecule has 0 unspecified atom stereocenters. The topological polar surface area (TPSA) is 78.5 Å². The summed E-state index contributed by atoms with van der Waals surface area (Å²) >= 11 is 1.47. The van der Waals surface area contributed by atoms with Crippen LogP contribution in [-0.4, -0.2) is 26.9 Å². The molecule has 1 aliphatic carbocycles. The van der Waals surface area contributed by atoms with Crippen LogP contribution >= 0.6 is 11.3 Å². The minimum Gasteiger partial charge on any atom is -0.382 e. The van der Waals surface area contributed by atoms with E-state index in [0.717, 1.165) is 20.4 Å². The number of rotatable bonds is 4. The van der Waals surface area contributed by atoms with Crippen molar-refractivity contribution >= 4 is 38.8 Å². The van der Waals surface area contributed by atoms with Gasteiger partial charge in [0, 0.05) is 22.0 Å². The molecule has 2 aromatic rings. The monoisotopic (exact) mass is 391 g/mol. The lowest BCUT2D eigenvalue weighted by Gasteiger charge is -2.24. The summed E-state index contributed by atoms with van der Waals surface area (Å²) in [6.07, 6.45) is 6.31. The van der Waals surface area contributed by atoms with Gasteiger partial charge in [-0.3, -0.25) is 4.79 Å². The SMILES string of the molecule is O=C1CN(c2csc(-c3cccc(NC4CCCCC4)c3)c2)S(=O)(=O)N1. The van der Waals surface area contributed by atoms with E-state index in [0.29, 0.717) is 11.7 Å². The molecule has 0 radical (unpaired) electrons. The van der Waals surface area contributed by atoms with E-state index < -0.39 is 16.1 Å². The second-order valence-electron chi connectivity index (χ2n) is 6.77. The summed E-state index contributed by atoms with van der Waals surface area (Å²) in [5.41, 5.74) is 2.65. The van der Waals surface area contributed by atoms with Crippen molar-refractivity contribution in [3.63, 3.8) is 0 Å². The highest BCUT2D eigenvalue weighted by Crippen LogP contribution is 2.35. The third-order valence-electron chi connectivity index (χ3n) is 4.82. The van der Waals surface area contributed by atoms with E-state index >= 15 is 0 Å². The second-order valence-corrected chi connectivity index (χ2v) is 9.27. The van der Waals surface area contributed by atoms with Gasteiger partial charge in [0.1, 0.15) is 6.54 Å². The van der Waals surface area contributed by atoms with Gasteiger partial charge in [0.2, 0.25) is 0 Å². The first-order valence-corrected chi connectivity index (χ1v) is 11.1. The predicted octanol–water partition coefficient (Wildman–Crippen LogP) is 3.34. The molecule has 1 aromatic carbocycles. The van der Waals surface area contributed by atoms with Gasteiger partial charge in [-0.2, -0.15) is 8.42 Å². The van der Waals surface area contributed by atoms with Crippen molar-refractivity contribution in [3.05, 3.63) is 35.7 Å². The van der Waals surface area contributed by atoms with Gasteiger partial charge in [0.05, 0.1) is 5.69 Å². The summed E-state index contributed by atoms with van der Waals surface area (Å²) in [6.45, 7) is -0.165. The number of amides is 1. The minimum atomic E-state index is -3.76. The van der Waals surface area contributed by atoms with Gasteiger partial charge in [-0.15, -0.1) is 11.3 Å². The molecule has 6 nitrogen and oxygen atoms in total. The third kappa shape index (κ3) is 3.57. The highest BCUT2D eigenvalue weighted by atomic mass is 32.2. The molecule has 1 aliphatic heterocycles. The average Bonchev–Trinajstić information content (AvgIpc) is 3.19. The van der Waals surface area contributed by atoms with E-state index in [4.69, 9.17) is 0 Å². The molecule has 0 atom stereocenters. The van der Waals surface area contributed by atoms with E-state index in [9.17, 15) is 13.2 Å². The fraction of sp³-hybridized carbons (Fsp3) is 0.389. The number of anilines is 2. The van der Waals surface area contributed by atoms with Crippen LogP contribution in [-0.2, 0) is 15.0 Å². The summed E-state index contributed by atoms with van der Waals surface area (Å²) in [5, 5.41) is 5.39. The van der Waals surface area contributed by atoms with Crippen LogP contribution in [0.2, 0.25) is 0 Å². The Bertz CT molecular complexity index is 917. The van der Waals surface area contributed by atoms with Crippen LogP contribution in [0.15, 0.2) is 35.7 Å². The maximum atomic E-state index is 12.0. The molecule has 2 aliphatic rings. The molecule has 1 saturated carbocycles. The molecule has 1 saturated heterocycles. The Balaban J connectivity index is 1.54. The van der Waals surface area contributed by atoms with Crippen molar-refractivity contribution in [1.29, 1.82) is 0 Å². The molecular weight excluding hydrogens is 370 g/mol. The number of benzene rings is 1. The van der Waals surface area contributed by atoms with Gasteiger partial charge in [-0.25, -0.2) is 9.03 Å². The summed E-state index contributed by atoms with van der Waals surface area (Å²) < 4.78 is 27.1. The Morgan fingerprint density at radius 2 is 1.96 bits per heavy atom. The molecule has 138 valence electrons. The van der Waals surface area contributed by atoms with Crippen LogP contribution in [0.4, 0.5) is 11.4 Å². The van der Waals surface area contributed by atoms with Crippen molar-refractivity contribution in [3.8, 4) is 10.4 Å². The van der Waals surface area contributed by atoms with Gasteiger partial charge in [-0.1, -0.05) is 31.4 Å². The summed E-state index contributed by atoms with van der Waals surface area (Å²) in [6, 6.07) is 10.6. The smallest absolute Gasteiger partial charge is 0.326 e. The van der Waals surface area contributed by atoms with Crippen LogP contribution in [0.1, 0.15) is 32.1 Å². The van der Waals surface area contributed by atoms with Gasteiger partial charge in [0.15, 0.2) is 0 Å². The van der Waals surface area contributed by atoms with Gasteiger partial charge >= 0.3 is 10.2 Å². The van der Waals surface area contributed by atoms with Crippen molar-refractivity contribution < 1.29 is 13.2 Å². The van der Waals surface area contributed by atoms with Crippen LogP contribution in [0.3, 0.4) is 0 Å². The number of nitrogens with one attached hydrogen (secondary N) is 2. The molecular formula is C18H21N3O3S2. The zero-order valence-corrected chi connectivity index (χ0v) is 15.9. The van der Waals surface area contributed by atoms with Crippen LogP contribution in [0, 0.1) is 0 Å². The third-order valence-corrected chi connectivity index (χ3v) is 7.19. The molecule has 2 N–H and O–H groups in total. The summed E-state index contributed by atoms with van der Waals surface area (Å²) in [7, 11) is -3.76. The van der Waals surface area contributed by atoms with Crippen molar-refractivity contribution in [2.45, 2.75) is 38.1 Å². The van der Waals surface area contributed by atoms with Crippen molar-refractivity contribution in [1.82, 2.24) is 4.72 Å². The highest BCUT2D eigenvalue weighted by Gasteiger charge is 2.34. The van der Waals surface area contributed by atoms with E-state index in [2.05, 4.69) is 17.4 Å². The number of thiophene rings is 1. The zero-order valence-electron chi connectivity index (χ0n) is 14.3. The molecule has 1 amide bonds. The quantitative estimate of drug-likeness (QED) is 0.838. The lowest BCUT2D eigenvalue weighted by molar-refractivity contribution is -0.117. The number of hydrogen-bond donors (Lipinski definition) is 2. The van der Waals surface area contributed by atoms with Crippen LogP contribution < -0.4 is 14.3 Å². The lowest BCUT2D eigenvalue weighted by atomic mass is 9.95. The zero-order chi connectivity index (χ0) is 18.1. The maximum absolute atomic E-state index is 12.0. The standard InChI is InChI=1S/C18H21N3O3S2/c22-18-11-21(26(23,24)20-18)16-10-17(25-12-16)13-5-4-8-15(9-13)19-14-6-2-1-3-7-14/h4-5,8-10,12,14,19H,1-3,6-7,11H2,(H,20,22). The van der Waals surface area contributed by atoms with Crippen LogP contribution in [0.25, 0.3) is 10.4 Å². The number of carbonyl (C=O) groups is 1. The fourth-order valence-electron chi connectivity index (χ4n) is 3.53. The largest absolute Gasteiger partial charge is 0.382 e. The summed E-state index contributed by atoms with van der Waals surface area (Å²) in [4.78, 5) is 12.4. The highest BCUT2D eigenvalue weighted by molar-refractivity contribution is 7.92. The first-order chi connectivity index (χ1) is 12.5. The molecule has 8 heteroatoms. The molecule has 1 aromatic heterocycles. The Labute approximate surface area is 157 Å². The molecule has 4 rings (SSSR count). The molecule has 2 heterocycles. The average molecular weight is 392 g/mol. The van der Waals surface area contributed by atoms with Crippen molar-refractivity contribution in [2.75, 3.05) is 16.2 Å². The van der Waals surface area contributed by atoms with E-state index in [1.807, 2.05) is 22.9 Å². The van der Waals surface area contributed by atoms with E-state index in [1.54, 1.807) is 5.38 Å². The molecule has 0 spiro atoms. The van der Waals surface area contributed by atoms with Crippen LogP contribution in [0.5, 0.6) is 0 Å². The maximum Gasteiger partial charge on any atom is 0.326 e. The molecule has 26 heavy (non-hydrogen) atoms. The number of carbonyl (C=O) groups excluding carboxylic acids is 1. The first kappa shape index (κ1) is 17.4. The fourth-order valence-corrected chi connectivity index (χ4v) is 5.62. The predicted molar refractivity (Wildman–Crippen MR) is 105 cm³/mol. The lowest BCUT2D eigenvalue weighted by Crippen LogP contribution is -2.29. The number of nitrogens with zero attached hydrogens (tertiary/aromatic N) is 1. The Hall–Kier alpha value is -2.06. The second kappa shape index (κ2) is 6.92. The van der Waals surface area contributed by atoms with E-state index in [-0.39, 0.29) is 6.54 Å². The Morgan fingerprint density at radius 3 is 2.69 bits per heavy atom. The normalized spacial score (nSPS) is 20.2. The summed E-state index contributed by atoms with van der Waals surface area (Å²) in [5.74, 6) is -0.503. The van der Waals surface area contributed by atoms with Gasteiger partial charge in [-0.05, 0) is 36.6 Å². The molecule has 2 fully saturated rings. The minimum absolute atomic E-state index is 0.165. The van der Waals surface area contributed by atoms with Crippen molar-refractivity contribution in [2.24, 2.45) is 0 Å². The van der Waals surface area contributed by atoms with E-state index in [1.165, 1.54) is 43.4 Å².